The third kappa shape index (κ3) is 8.55. The minimum Gasteiger partial charge on any atom is -0.461 e. The lowest BCUT2D eigenvalue weighted by molar-refractivity contribution is -0.137. The summed E-state index contributed by atoms with van der Waals surface area (Å²) in [5, 5.41) is 5.49. The Morgan fingerprint density at radius 3 is 2.19 bits per heavy atom. The molecule has 0 radical (unpaired) electrons. The smallest absolute Gasteiger partial charge is 0.330 e. The first kappa shape index (κ1) is 19.7. The first-order valence-electron chi connectivity index (χ1n) is 7.84. The first-order chi connectivity index (χ1) is 10.0. The molecule has 0 bridgehead atoms. The van der Waals surface area contributed by atoms with Crippen LogP contribution in [0.1, 0.15) is 27.2 Å². The zero-order valence-electron chi connectivity index (χ0n) is 13.7. The molecule has 0 heterocycles. The Bertz CT molecular complexity index is 323. The van der Waals surface area contributed by atoms with Crippen molar-refractivity contribution in [2.75, 3.05) is 19.7 Å². The van der Waals surface area contributed by atoms with E-state index < -0.39 is 14.0 Å². The van der Waals surface area contributed by atoms with Gasteiger partial charge in [0.1, 0.15) is 6.61 Å². The fourth-order valence-electron chi connectivity index (χ4n) is 2.38. The van der Waals surface area contributed by atoms with E-state index in [9.17, 15) is 9.59 Å². The molecule has 0 aliphatic heterocycles. The van der Waals surface area contributed by atoms with Crippen LogP contribution >= 0.6 is 0 Å². The third-order valence-electron chi connectivity index (χ3n) is 4.22. The second-order valence-corrected chi connectivity index (χ2v) is 10.8. The van der Waals surface area contributed by atoms with E-state index in [1.54, 1.807) is 0 Å². The maximum Gasteiger partial charge on any atom is 0.330 e. The molecule has 0 aliphatic carbocycles. The molecule has 5 nitrogen and oxygen atoms in total. The molecule has 2 amide bonds. The average molecular weight is 315 g/mol. The van der Waals surface area contributed by atoms with Crippen molar-refractivity contribution in [3.05, 3.63) is 12.7 Å². The monoisotopic (exact) mass is 314 g/mol. The maximum absolute atomic E-state index is 11.5. The van der Waals surface area contributed by atoms with Crippen molar-refractivity contribution in [3.63, 3.8) is 0 Å². The molecule has 0 aromatic carbocycles. The van der Waals surface area contributed by atoms with Crippen molar-refractivity contribution in [2.24, 2.45) is 0 Å². The molecule has 21 heavy (non-hydrogen) atoms. The lowest BCUT2D eigenvalue weighted by atomic mass is 10.5. The second kappa shape index (κ2) is 11.4. The van der Waals surface area contributed by atoms with Crippen LogP contribution in [-0.2, 0) is 9.53 Å². The molecule has 0 unspecified atom stereocenters. The van der Waals surface area contributed by atoms with Gasteiger partial charge < -0.3 is 15.4 Å². The number of carbonyl (C=O) groups is 2. The van der Waals surface area contributed by atoms with E-state index in [0.29, 0.717) is 13.1 Å². The molecule has 0 rings (SSSR count). The van der Waals surface area contributed by atoms with Gasteiger partial charge in [-0.15, -0.1) is 0 Å². The highest BCUT2D eigenvalue weighted by Crippen LogP contribution is 2.26. The zero-order chi connectivity index (χ0) is 16.1. The van der Waals surface area contributed by atoms with Crippen LogP contribution in [0.3, 0.4) is 0 Å². The first-order valence-corrected chi connectivity index (χ1v) is 10.7. The predicted octanol–water partition coefficient (Wildman–Crippen LogP) is 2.91. The highest BCUT2D eigenvalue weighted by atomic mass is 28.3. The van der Waals surface area contributed by atoms with Crippen molar-refractivity contribution in [3.8, 4) is 0 Å². The molecule has 2 N–H and O–H groups in total. The molecule has 0 fully saturated rings. The lowest BCUT2D eigenvalue weighted by Crippen LogP contribution is -2.39. The summed E-state index contributed by atoms with van der Waals surface area (Å²) < 4.78 is 4.76. The lowest BCUT2D eigenvalue weighted by Gasteiger charge is -2.28. The van der Waals surface area contributed by atoms with Crippen molar-refractivity contribution in [1.82, 2.24) is 10.6 Å². The SMILES string of the molecule is C=CC(=O)OCCNC(=O)NCCC[Si](CC)(CC)CC. The summed E-state index contributed by atoms with van der Waals surface area (Å²) >= 11 is 0. The van der Waals surface area contributed by atoms with Crippen LogP contribution in [0.15, 0.2) is 12.7 Å². The van der Waals surface area contributed by atoms with Gasteiger partial charge >= 0.3 is 12.0 Å². The Kier molecular flexibility index (Phi) is 10.7. The Labute approximate surface area is 129 Å². The minimum atomic E-state index is -1.08. The molecule has 0 aromatic heterocycles. The van der Waals surface area contributed by atoms with E-state index >= 15 is 0 Å². The highest BCUT2D eigenvalue weighted by molar-refractivity contribution is 6.79. The van der Waals surface area contributed by atoms with Gasteiger partial charge in [-0.2, -0.15) is 0 Å². The quantitative estimate of drug-likeness (QED) is 0.267. The summed E-state index contributed by atoms with van der Waals surface area (Å²) in [5.41, 5.74) is 0. The van der Waals surface area contributed by atoms with E-state index in [-0.39, 0.29) is 12.6 Å². The van der Waals surface area contributed by atoms with Crippen molar-refractivity contribution < 1.29 is 14.3 Å². The Hall–Kier alpha value is -1.30. The van der Waals surface area contributed by atoms with E-state index in [2.05, 4.69) is 38.0 Å². The van der Waals surface area contributed by atoms with E-state index in [0.717, 1.165) is 12.5 Å². The van der Waals surface area contributed by atoms with Crippen LogP contribution in [0.2, 0.25) is 24.2 Å². The number of nitrogens with one attached hydrogen (secondary N) is 2. The Morgan fingerprint density at radius 1 is 1.10 bits per heavy atom. The number of esters is 1. The van der Waals surface area contributed by atoms with E-state index in [1.165, 1.54) is 24.2 Å². The number of urea groups is 1. The third-order valence-corrected chi connectivity index (χ3v) is 10.1. The van der Waals surface area contributed by atoms with Gasteiger partial charge in [0.2, 0.25) is 0 Å². The minimum absolute atomic E-state index is 0.163. The van der Waals surface area contributed by atoms with Crippen LogP contribution in [0.4, 0.5) is 4.79 Å². The molecule has 0 spiro atoms. The summed E-state index contributed by atoms with van der Waals surface area (Å²) in [7, 11) is -1.08. The standard InChI is InChI=1S/C15H30N2O3Si/c1-5-14(18)20-12-11-17-15(19)16-10-9-13-21(6-2,7-3)8-4/h5H,1,6-13H2,2-4H3,(H2,16,17,19). The Morgan fingerprint density at radius 2 is 1.67 bits per heavy atom. The topological polar surface area (TPSA) is 67.4 Å². The van der Waals surface area contributed by atoms with Crippen molar-refractivity contribution in [2.45, 2.75) is 51.4 Å². The molecule has 122 valence electrons. The van der Waals surface area contributed by atoms with Crippen LogP contribution in [0.25, 0.3) is 0 Å². The van der Waals surface area contributed by atoms with Crippen LogP contribution in [0.5, 0.6) is 0 Å². The molecular formula is C15H30N2O3Si. The predicted molar refractivity (Wildman–Crippen MR) is 89.2 cm³/mol. The van der Waals surface area contributed by atoms with Gasteiger partial charge in [0.25, 0.3) is 0 Å². The van der Waals surface area contributed by atoms with E-state index in [4.69, 9.17) is 4.74 Å². The molecule has 0 saturated carbocycles. The van der Waals surface area contributed by atoms with Gasteiger partial charge in [-0.25, -0.2) is 9.59 Å². The van der Waals surface area contributed by atoms with Crippen molar-refractivity contribution >= 4 is 20.1 Å². The number of carbonyl (C=O) groups excluding carboxylic acids is 2. The fourth-order valence-corrected chi connectivity index (χ4v) is 5.87. The fraction of sp³-hybridized carbons (Fsp3) is 0.733. The molecule has 0 aliphatic rings. The number of amides is 2. The van der Waals surface area contributed by atoms with Gasteiger partial charge in [-0.3, -0.25) is 0 Å². The van der Waals surface area contributed by atoms with Gasteiger partial charge in [-0.1, -0.05) is 51.5 Å². The molecule has 0 saturated heterocycles. The summed E-state index contributed by atoms with van der Waals surface area (Å²) in [6.45, 7) is 11.4. The zero-order valence-corrected chi connectivity index (χ0v) is 14.7. The average Bonchev–Trinajstić information content (AvgIpc) is 2.52. The normalized spacial score (nSPS) is 10.8. The summed E-state index contributed by atoms with van der Waals surface area (Å²) in [6.07, 6.45) is 2.14. The molecule has 0 atom stereocenters. The van der Waals surface area contributed by atoms with Crippen LogP contribution in [0, 0.1) is 0 Å². The highest BCUT2D eigenvalue weighted by Gasteiger charge is 2.25. The second-order valence-electron chi connectivity index (χ2n) is 5.22. The summed E-state index contributed by atoms with van der Waals surface area (Å²) in [6, 6.07) is 5.03. The number of hydrogen-bond donors (Lipinski definition) is 2. The van der Waals surface area contributed by atoms with Crippen molar-refractivity contribution in [1.29, 1.82) is 0 Å². The Balaban J connectivity index is 3.70. The maximum atomic E-state index is 11.5. The molecule has 0 aromatic rings. The van der Waals surface area contributed by atoms with Gasteiger partial charge in [0.15, 0.2) is 0 Å². The van der Waals surface area contributed by atoms with E-state index in [1.807, 2.05) is 0 Å². The molecule has 6 heteroatoms. The number of ether oxygens (including phenoxy) is 1. The van der Waals surface area contributed by atoms with Gasteiger partial charge in [-0.05, 0) is 6.42 Å². The summed E-state index contributed by atoms with van der Waals surface area (Å²) in [5.74, 6) is -0.475. The summed E-state index contributed by atoms with van der Waals surface area (Å²) in [4.78, 5) is 22.3. The number of rotatable bonds is 11. The number of hydrogen-bond acceptors (Lipinski definition) is 3. The van der Waals surface area contributed by atoms with Gasteiger partial charge in [0.05, 0.1) is 14.6 Å². The van der Waals surface area contributed by atoms with Crippen LogP contribution in [-0.4, -0.2) is 39.8 Å². The van der Waals surface area contributed by atoms with Crippen LogP contribution < -0.4 is 10.6 Å². The molecular weight excluding hydrogens is 284 g/mol. The van der Waals surface area contributed by atoms with Gasteiger partial charge in [0, 0.05) is 12.6 Å². The largest absolute Gasteiger partial charge is 0.461 e.